The number of carbonyl (C=O) groups excluding carboxylic acids is 2. The van der Waals surface area contributed by atoms with Gasteiger partial charge in [0.25, 0.3) is 0 Å². The fourth-order valence-electron chi connectivity index (χ4n) is 2.97. The minimum Gasteiger partial charge on any atom is -0.467 e. The van der Waals surface area contributed by atoms with Crippen molar-refractivity contribution in [3.05, 3.63) is 47.9 Å². The number of benzene rings is 1. The van der Waals surface area contributed by atoms with Crippen molar-refractivity contribution in [1.82, 2.24) is 10.0 Å². The number of rotatable bonds is 6. The quantitative estimate of drug-likeness (QED) is 0.768. The molecule has 2 amide bonds. The molecule has 1 aromatic heterocycles. The van der Waals surface area contributed by atoms with E-state index in [0.717, 1.165) is 17.7 Å². The number of sulfonamides is 1. The van der Waals surface area contributed by atoms with E-state index in [-0.39, 0.29) is 23.9 Å². The molecule has 0 aliphatic carbocycles. The van der Waals surface area contributed by atoms with E-state index in [9.17, 15) is 18.0 Å². The zero-order valence-corrected chi connectivity index (χ0v) is 15.7. The second-order valence-corrected chi connectivity index (χ2v) is 8.01. The summed E-state index contributed by atoms with van der Waals surface area (Å²) in [6.07, 6.45) is 2.97. The molecule has 0 radical (unpaired) electrons. The Balaban J connectivity index is 1.64. The van der Waals surface area contributed by atoms with Gasteiger partial charge in [-0.1, -0.05) is 0 Å². The molecule has 0 unspecified atom stereocenters. The first-order valence-electron chi connectivity index (χ1n) is 8.56. The van der Waals surface area contributed by atoms with E-state index >= 15 is 0 Å². The number of anilines is 1. The van der Waals surface area contributed by atoms with Gasteiger partial charge in [-0.05, 0) is 48.7 Å². The van der Waals surface area contributed by atoms with Gasteiger partial charge in [0.15, 0.2) is 0 Å². The predicted octanol–water partition coefficient (Wildman–Crippen LogP) is 1.17. The van der Waals surface area contributed by atoms with Crippen LogP contribution in [0.5, 0.6) is 0 Å². The van der Waals surface area contributed by atoms with Crippen LogP contribution in [0.3, 0.4) is 0 Å². The van der Waals surface area contributed by atoms with Gasteiger partial charge < -0.3 is 14.6 Å². The van der Waals surface area contributed by atoms with Crippen LogP contribution in [0.2, 0.25) is 0 Å². The van der Waals surface area contributed by atoms with Crippen LogP contribution in [0.15, 0.2) is 45.9 Å². The van der Waals surface area contributed by atoms with Gasteiger partial charge in [0.2, 0.25) is 21.8 Å². The molecule has 1 aromatic carbocycles. The first kappa shape index (κ1) is 19.1. The molecule has 1 aliphatic heterocycles. The summed E-state index contributed by atoms with van der Waals surface area (Å²) in [4.78, 5) is 25.3. The van der Waals surface area contributed by atoms with Gasteiger partial charge in [-0.2, -0.15) is 0 Å². The van der Waals surface area contributed by atoms with Gasteiger partial charge in [0.1, 0.15) is 5.76 Å². The molecular weight excluding hydrogens is 370 g/mol. The van der Waals surface area contributed by atoms with Crippen LogP contribution < -0.4 is 14.9 Å². The maximum atomic E-state index is 12.5. The van der Waals surface area contributed by atoms with Crippen molar-refractivity contribution in [1.29, 1.82) is 0 Å². The van der Waals surface area contributed by atoms with Crippen molar-refractivity contribution in [2.24, 2.45) is 0 Å². The number of fused-ring (bicyclic) bond motifs is 1. The molecule has 3 rings (SSSR count). The predicted molar refractivity (Wildman–Crippen MR) is 98.5 cm³/mol. The molecule has 2 aromatic rings. The fraction of sp³-hybridized carbons (Fsp3) is 0.333. The highest BCUT2D eigenvalue weighted by Crippen LogP contribution is 2.29. The van der Waals surface area contributed by atoms with Gasteiger partial charge in [0, 0.05) is 19.2 Å². The first-order valence-corrected chi connectivity index (χ1v) is 10.0. The summed E-state index contributed by atoms with van der Waals surface area (Å²) in [7, 11) is -3.84. The highest BCUT2D eigenvalue weighted by molar-refractivity contribution is 7.89. The Morgan fingerprint density at radius 3 is 2.78 bits per heavy atom. The van der Waals surface area contributed by atoms with E-state index < -0.39 is 15.9 Å². The van der Waals surface area contributed by atoms with Gasteiger partial charge in [-0.25, -0.2) is 13.1 Å². The van der Waals surface area contributed by atoms with Gasteiger partial charge in [-0.15, -0.1) is 0 Å². The lowest BCUT2D eigenvalue weighted by Crippen LogP contribution is -2.37. The third kappa shape index (κ3) is 4.55. The highest BCUT2D eigenvalue weighted by atomic mass is 32.2. The summed E-state index contributed by atoms with van der Waals surface area (Å²) in [6, 6.07) is 8.06. The monoisotopic (exact) mass is 391 g/mol. The molecule has 8 nitrogen and oxygen atoms in total. The zero-order valence-electron chi connectivity index (χ0n) is 14.9. The lowest BCUT2D eigenvalue weighted by molar-refractivity contribution is -0.120. The Bertz CT molecular complexity index is 938. The molecule has 0 saturated carbocycles. The number of nitrogens with one attached hydrogen (secondary N) is 2. The smallest absolute Gasteiger partial charge is 0.241 e. The molecule has 1 aliphatic rings. The van der Waals surface area contributed by atoms with Crippen LogP contribution in [-0.4, -0.2) is 33.3 Å². The van der Waals surface area contributed by atoms with Crippen LogP contribution in [0.1, 0.15) is 24.7 Å². The molecule has 0 fully saturated rings. The Kier molecular flexibility index (Phi) is 5.62. The molecule has 27 heavy (non-hydrogen) atoms. The third-order valence-corrected chi connectivity index (χ3v) is 5.72. The summed E-state index contributed by atoms with van der Waals surface area (Å²) in [6.45, 7) is 1.93. The second kappa shape index (κ2) is 7.93. The lowest BCUT2D eigenvalue weighted by atomic mass is 10.0. The topological polar surface area (TPSA) is 109 Å². The molecule has 0 spiro atoms. The van der Waals surface area contributed by atoms with Crippen molar-refractivity contribution in [3.63, 3.8) is 0 Å². The molecule has 0 saturated heterocycles. The summed E-state index contributed by atoms with van der Waals surface area (Å²) >= 11 is 0. The highest BCUT2D eigenvalue weighted by Gasteiger charge is 2.23. The number of carbonyl (C=O) groups is 2. The van der Waals surface area contributed by atoms with E-state index in [2.05, 4.69) is 10.0 Å². The number of amides is 2. The Labute approximate surface area is 157 Å². The van der Waals surface area contributed by atoms with Crippen molar-refractivity contribution in [2.75, 3.05) is 18.0 Å². The van der Waals surface area contributed by atoms with Crippen molar-refractivity contribution < 1.29 is 22.4 Å². The van der Waals surface area contributed by atoms with Crippen molar-refractivity contribution in [3.8, 4) is 0 Å². The molecule has 144 valence electrons. The van der Waals surface area contributed by atoms with E-state index in [1.165, 1.54) is 19.3 Å². The van der Waals surface area contributed by atoms with Crippen LogP contribution in [0.4, 0.5) is 5.69 Å². The van der Waals surface area contributed by atoms with E-state index in [4.69, 9.17) is 4.42 Å². The molecule has 0 bridgehead atoms. The first-order chi connectivity index (χ1) is 12.9. The Morgan fingerprint density at radius 1 is 1.26 bits per heavy atom. The zero-order chi connectivity index (χ0) is 19.4. The number of furan rings is 1. The molecule has 0 atom stereocenters. The average Bonchev–Trinajstić information content (AvgIpc) is 3.17. The number of nitrogens with zero attached hydrogens (tertiary/aromatic N) is 1. The fourth-order valence-corrected chi connectivity index (χ4v) is 4.01. The lowest BCUT2D eigenvalue weighted by Gasteiger charge is -2.28. The third-order valence-electron chi connectivity index (χ3n) is 4.32. The van der Waals surface area contributed by atoms with E-state index in [1.807, 2.05) is 0 Å². The Hall–Kier alpha value is -2.65. The second-order valence-electron chi connectivity index (χ2n) is 6.25. The van der Waals surface area contributed by atoms with Crippen molar-refractivity contribution >= 4 is 27.5 Å². The number of hydrogen-bond donors (Lipinski definition) is 2. The summed E-state index contributed by atoms with van der Waals surface area (Å²) in [5, 5.41) is 2.57. The molecule has 2 N–H and O–H groups in total. The maximum absolute atomic E-state index is 12.5. The standard InChI is InChI=1S/C18H21N3O5S/c1-13(22)21-8-2-4-14-10-16(6-7-17(14)21)27(24,25)20-12-18(23)19-11-15-5-3-9-26-15/h3,5-7,9-10,20H,2,4,8,11-12H2,1H3,(H,19,23). The minimum atomic E-state index is -3.84. The summed E-state index contributed by atoms with van der Waals surface area (Å²) in [5.41, 5.74) is 1.55. The average molecular weight is 391 g/mol. The molecular formula is C18H21N3O5S. The van der Waals surface area contributed by atoms with E-state index in [0.29, 0.717) is 18.7 Å². The van der Waals surface area contributed by atoms with Crippen LogP contribution in [-0.2, 0) is 32.6 Å². The van der Waals surface area contributed by atoms with Gasteiger partial charge in [0.05, 0.1) is 24.2 Å². The SMILES string of the molecule is CC(=O)N1CCCc2cc(S(=O)(=O)NCC(=O)NCc3ccco3)ccc21. The van der Waals surface area contributed by atoms with Crippen molar-refractivity contribution in [2.45, 2.75) is 31.2 Å². The largest absolute Gasteiger partial charge is 0.467 e. The van der Waals surface area contributed by atoms with E-state index in [1.54, 1.807) is 29.2 Å². The normalized spacial score (nSPS) is 13.9. The molecule has 9 heteroatoms. The van der Waals surface area contributed by atoms with Crippen LogP contribution in [0.25, 0.3) is 0 Å². The van der Waals surface area contributed by atoms with Gasteiger partial charge >= 0.3 is 0 Å². The summed E-state index contributed by atoms with van der Waals surface area (Å²) < 4.78 is 32.4. The number of hydrogen-bond acceptors (Lipinski definition) is 5. The minimum absolute atomic E-state index is 0.0714. The Morgan fingerprint density at radius 2 is 2.07 bits per heavy atom. The van der Waals surface area contributed by atoms with Crippen LogP contribution >= 0.6 is 0 Å². The maximum Gasteiger partial charge on any atom is 0.241 e. The molecule has 2 heterocycles. The van der Waals surface area contributed by atoms with Gasteiger partial charge in [-0.3, -0.25) is 9.59 Å². The number of aryl methyl sites for hydroxylation is 1. The summed E-state index contributed by atoms with van der Waals surface area (Å²) in [5.74, 6) is 0.0459. The van der Waals surface area contributed by atoms with Crippen LogP contribution in [0, 0.1) is 0 Å².